The van der Waals surface area contributed by atoms with Crippen LogP contribution in [0.1, 0.15) is 5.56 Å². The van der Waals surface area contributed by atoms with Gasteiger partial charge >= 0.3 is 0 Å². The smallest absolute Gasteiger partial charge is 0.264 e. The molecule has 90 valence electrons. The van der Waals surface area contributed by atoms with E-state index in [1.807, 2.05) is 0 Å². The van der Waals surface area contributed by atoms with Gasteiger partial charge in [-0.1, -0.05) is 11.6 Å². The molecule has 0 aliphatic heterocycles. The predicted molar refractivity (Wildman–Crippen MR) is 59.1 cm³/mol. The van der Waals surface area contributed by atoms with Gasteiger partial charge in [0.15, 0.2) is 0 Å². The summed E-state index contributed by atoms with van der Waals surface area (Å²) in [4.78, 5) is 9.21. The van der Waals surface area contributed by atoms with Gasteiger partial charge in [0.1, 0.15) is 17.3 Å². The fourth-order valence-electron chi connectivity index (χ4n) is 1.25. The summed E-state index contributed by atoms with van der Waals surface area (Å²) in [5.41, 5.74) is 5.20. The number of nitrogens with zero attached hydrogens (tertiary/aromatic N) is 3. The van der Waals surface area contributed by atoms with Crippen molar-refractivity contribution in [2.75, 3.05) is 25.5 Å². The molecule has 0 unspecified atom stereocenters. The van der Waals surface area contributed by atoms with Crippen LogP contribution in [0.25, 0.3) is 0 Å². The van der Waals surface area contributed by atoms with Crippen LogP contribution in [0.2, 0.25) is 5.15 Å². The van der Waals surface area contributed by atoms with Crippen molar-refractivity contribution < 1.29 is 8.78 Å². The molecule has 1 heterocycles. The SMILES string of the molecule is CN(C)c1ncnc(Cl)c1CC(F)(F)CN. The topological polar surface area (TPSA) is 55.0 Å². The number of halogens is 3. The van der Waals surface area contributed by atoms with Crippen LogP contribution in [0.3, 0.4) is 0 Å². The van der Waals surface area contributed by atoms with Gasteiger partial charge in [-0.15, -0.1) is 0 Å². The maximum Gasteiger partial charge on any atom is 0.264 e. The molecule has 0 bridgehead atoms. The van der Waals surface area contributed by atoms with Gasteiger partial charge in [-0.3, -0.25) is 0 Å². The zero-order chi connectivity index (χ0) is 12.3. The Hall–Kier alpha value is -1.01. The van der Waals surface area contributed by atoms with Crippen molar-refractivity contribution in [3.8, 4) is 0 Å². The predicted octanol–water partition coefficient (Wildman–Crippen LogP) is 1.33. The number of anilines is 1. The van der Waals surface area contributed by atoms with E-state index in [9.17, 15) is 8.78 Å². The highest BCUT2D eigenvalue weighted by Crippen LogP contribution is 2.28. The van der Waals surface area contributed by atoms with E-state index in [1.165, 1.54) is 6.33 Å². The highest BCUT2D eigenvalue weighted by Gasteiger charge is 2.30. The third kappa shape index (κ3) is 2.99. The van der Waals surface area contributed by atoms with Crippen molar-refractivity contribution >= 4 is 17.4 Å². The molecule has 0 aliphatic rings. The van der Waals surface area contributed by atoms with E-state index in [0.29, 0.717) is 5.82 Å². The lowest BCUT2D eigenvalue weighted by Gasteiger charge is -2.20. The summed E-state index contributed by atoms with van der Waals surface area (Å²) in [5, 5.41) is 0.0341. The molecule has 2 N–H and O–H groups in total. The lowest BCUT2D eigenvalue weighted by molar-refractivity contribution is 0.0115. The number of rotatable bonds is 4. The molecule has 0 aliphatic carbocycles. The normalized spacial score (nSPS) is 11.6. The van der Waals surface area contributed by atoms with Crippen LogP contribution >= 0.6 is 11.6 Å². The number of alkyl halides is 2. The number of hydrogen-bond acceptors (Lipinski definition) is 4. The summed E-state index contributed by atoms with van der Waals surface area (Å²) >= 11 is 5.78. The molecule has 0 radical (unpaired) electrons. The van der Waals surface area contributed by atoms with Crippen molar-refractivity contribution in [2.45, 2.75) is 12.3 Å². The van der Waals surface area contributed by atoms with Crippen LogP contribution < -0.4 is 10.6 Å². The van der Waals surface area contributed by atoms with Gasteiger partial charge in [0.2, 0.25) is 0 Å². The van der Waals surface area contributed by atoms with E-state index < -0.39 is 18.9 Å². The molecule has 1 aromatic rings. The lowest BCUT2D eigenvalue weighted by Crippen LogP contribution is -2.31. The molecule has 0 amide bonds. The number of hydrogen-bond donors (Lipinski definition) is 1. The van der Waals surface area contributed by atoms with Gasteiger partial charge in [0.25, 0.3) is 5.92 Å². The second-order valence-electron chi connectivity index (χ2n) is 3.60. The van der Waals surface area contributed by atoms with Crippen molar-refractivity contribution in [3.05, 3.63) is 17.0 Å². The van der Waals surface area contributed by atoms with Crippen molar-refractivity contribution in [2.24, 2.45) is 5.73 Å². The third-order valence-corrected chi connectivity index (χ3v) is 2.35. The molecular formula is C9H13ClF2N4. The Morgan fingerprint density at radius 3 is 2.56 bits per heavy atom. The zero-order valence-electron chi connectivity index (χ0n) is 9.04. The lowest BCUT2D eigenvalue weighted by atomic mass is 10.1. The van der Waals surface area contributed by atoms with Gasteiger partial charge in [-0.2, -0.15) is 0 Å². The van der Waals surface area contributed by atoms with Crippen LogP contribution in [0.4, 0.5) is 14.6 Å². The van der Waals surface area contributed by atoms with Crippen LogP contribution in [-0.2, 0) is 6.42 Å². The molecule has 0 fully saturated rings. The minimum Gasteiger partial charge on any atom is -0.362 e. The maximum atomic E-state index is 13.2. The highest BCUT2D eigenvalue weighted by atomic mass is 35.5. The molecule has 0 aromatic carbocycles. The van der Waals surface area contributed by atoms with Crippen LogP contribution in [0.15, 0.2) is 6.33 Å². The molecule has 0 spiro atoms. The van der Waals surface area contributed by atoms with E-state index in [0.717, 1.165) is 0 Å². The minimum absolute atomic E-state index is 0.0341. The summed E-state index contributed by atoms with van der Waals surface area (Å²) in [6, 6.07) is 0. The van der Waals surface area contributed by atoms with E-state index in [2.05, 4.69) is 9.97 Å². The second kappa shape index (κ2) is 4.88. The molecule has 16 heavy (non-hydrogen) atoms. The van der Waals surface area contributed by atoms with Gasteiger partial charge < -0.3 is 10.6 Å². The minimum atomic E-state index is -3.00. The highest BCUT2D eigenvalue weighted by molar-refractivity contribution is 6.30. The first-order chi connectivity index (χ1) is 7.37. The van der Waals surface area contributed by atoms with Gasteiger partial charge in [0.05, 0.1) is 6.54 Å². The fourth-order valence-corrected chi connectivity index (χ4v) is 1.45. The fraction of sp³-hybridized carbons (Fsp3) is 0.556. The number of aromatic nitrogens is 2. The van der Waals surface area contributed by atoms with Crippen LogP contribution in [-0.4, -0.2) is 36.5 Å². The first-order valence-corrected chi connectivity index (χ1v) is 5.00. The second-order valence-corrected chi connectivity index (χ2v) is 3.96. The average Bonchev–Trinajstić information content (AvgIpc) is 2.20. The Morgan fingerprint density at radius 1 is 1.44 bits per heavy atom. The standard InChI is InChI=1S/C9H13ClF2N4/c1-16(2)8-6(3-9(11,12)4-13)7(10)14-5-15-8/h5H,3-4,13H2,1-2H3. The van der Waals surface area contributed by atoms with Crippen LogP contribution in [0.5, 0.6) is 0 Å². The van der Waals surface area contributed by atoms with E-state index in [1.54, 1.807) is 19.0 Å². The first-order valence-electron chi connectivity index (χ1n) is 4.62. The molecule has 4 nitrogen and oxygen atoms in total. The molecule has 1 aromatic heterocycles. The molecule has 7 heteroatoms. The maximum absolute atomic E-state index is 13.2. The van der Waals surface area contributed by atoms with Gasteiger partial charge in [0, 0.05) is 26.1 Å². The Bertz CT molecular complexity index is 371. The Balaban J connectivity index is 3.11. The van der Waals surface area contributed by atoms with Gasteiger partial charge in [-0.05, 0) is 0 Å². The van der Waals surface area contributed by atoms with Crippen LogP contribution in [0, 0.1) is 0 Å². The molecule has 1 rings (SSSR count). The Labute approximate surface area is 97.4 Å². The summed E-state index contributed by atoms with van der Waals surface area (Å²) in [5.74, 6) is -2.62. The van der Waals surface area contributed by atoms with Gasteiger partial charge in [-0.25, -0.2) is 18.7 Å². The monoisotopic (exact) mass is 250 g/mol. The van der Waals surface area contributed by atoms with E-state index >= 15 is 0 Å². The Kier molecular flexibility index (Phi) is 3.98. The van der Waals surface area contributed by atoms with E-state index in [4.69, 9.17) is 17.3 Å². The third-order valence-electron chi connectivity index (χ3n) is 2.03. The Morgan fingerprint density at radius 2 is 2.06 bits per heavy atom. The number of nitrogens with two attached hydrogens (primary N) is 1. The van der Waals surface area contributed by atoms with E-state index in [-0.39, 0.29) is 10.7 Å². The molecular weight excluding hydrogens is 238 g/mol. The molecule has 0 saturated heterocycles. The summed E-state index contributed by atoms with van der Waals surface area (Å²) in [6.07, 6.45) is 0.679. The summed E-state index contributed by atoms with van der Waals surface area (Å²) in [6.45, 7) is -0.731. The average molecular weight is 251 g/mol. The summed E-state index contributed by atoms with van der Waals surface area (Å²) in [7, 11) is 3.39. The molecule has 0 saturated carbocycles. The molecule has 0 atom stereocenters. The largest absolute Gasteiger partial charge is 0.362 e. The zero-order valence-corrected chi connectivity index (χ0v) is 9.80. The first kappa shape index (κ1) is 13.1. The summed E-state index contributed by atoms with van der Waals surface area (Å²) < 4.78 is 26.4. The van der Waals surface area contributed by atoms with Crippen molar-refractivity contribution in [1.82, 2.24) is 9.97 Å². The van der Waals surface area contributed by atoms with Crippen molar-refractivity contribution in [1.29, 1.82) is 0 Å². The quantitative estimate of drug-likeness (QED) is 0.820. The van der Waals surface area contributed by atoms with Crippen molar-refractivity contribution in [3.63, 3.8) is 0 Å².